The molecule has 0 radical (unpaired) electrons. The Morgan fingerprint density at radius 1 is 1.26 bits per heavy atom. The highest BCUT2D eigenvalue weighted by molar-refractivity contribution is 5.94. The van der Waals surface area contributed by atoms with E-state index in [1.807, 2.05) is 5.32 Å². The van der Waals surface area contributed by atoms with Crippen molar-refractivity contribution in [2.24, 2.45) is 5.92 Å². The fourth-order valence-corrected chi connectivity index (χ4v) is 1.93. The molecule has 1 aromatic rings. The molecule has 2 rings (SSSR count). The number of amides is 2. The first-order chi connectivity index (χ1) is 10.7. The summed E-state index contributed by atoms with van der Waals surface area (Å²) in [6, 6.07) is 5.85. The monoisotopic (exact) mass is 329 g/mol. The minimum Gasteiger partial charge on any atom is -0.374 e. The Bertz CT molecular complexity index is 586. The van der Waals surface area contributed by atoms with Gasteiger partial charge in [0.2, 0.25) is 11.8 Å². The van der Waals surface area contributed by atoms with Gasteiger partial charge in [0.15, 0.2) is 0 Å². The number of rotatable bonds is 6. The van der Waals surface area contributed by atoms with Crippen molar-refractivity contribution < 1.29 is 22.8 Å². The normalized spacial score (nSPS) is 15.7. The molecular formula is C15H18F3N3O2. The molecule has 0 aromatic heterocycles. The Balaban J connectivity index is 1.88. The average molecular weight is 329 g/mol. The van der Waals surface area contributed by atoms with Crippen LogP contribution >= 0.6 is 0 Å². The maximum Gasteiger partial charge on any atom is 0.405 e. The summed E-state index contributed by atoms with van der Waals surface area (Å²) < 4.78 is 36.2. The van der Waals surface area contributed by atoms with Crippen molar-refractivity contribution >= 4 is 23.2 Å². The van der Waals surface area contributed by atoms with Crippen molar-refractivity contribution in [1.82, 2.24) is 5.32 Å². The third kappa shape index (κ3) is 5.80. The van der Waals surface area contributed by atoms with E-state index in [0.29, 0.717) is 11.4 Å². The van der Waals surface area contributed by atoms with Crippen LogP contribution in [0.15, 0.2) is 24.3 Å². The topological polar surface area (TPSA) is 70.2 Å². The van der Waals surface area contributed by atoms with E-state index in [4.69, 9.17) is 0 Å². The van der Waals surface area contributed by atoms with E-state index >= 15 is 0 Å². The lowest BCUT2D eigenvalue weighted by Gasteiger charge is -2.16. The van der Waals surface area contributed by atoms with Gasteiger partial charge in [-0.1, -0.05) is 6.07 Å². The lowest BCUT2D eigenvalue weighted by Crippen LogP contribution is -2.42. The predicted molar refractivity (Wildman–Crippen MR) is 79.9 cm³/mol. The number of anilines is 2. The first kappa shape index (κ1) is 17.1. The van der Waals surface area contributed by atoms with Gasteiger partial charge in [0.1, 0.15) is 12.6 Å². The van der Waals surface area contributed by atoms with Crippen molar-refractivity contribution in [2.45, 2.75) is 32.0 Å². The molecule has 23 heavy (non-hydrogen) atoms. The van der Waals surface area contributed by atoms with Crippen LogP contribution < -0.4 is 16.0 Å². The van der Waals surface area contributed by atoms with Gasteiger partial charge in [-0.3, -0.25) is 9.59 Å². The van der Waals surface area contributed by atoms with Gasteiger partial charge in [-0.15, -0.1) is 0 Å². The van der Waals surface area contributed by atoms with E-state index in [-0.39, 0.29) is 11.8 Å². The summed E-state index contributed by atoms with van der Waals surface area (Å²) in [5.74, 6) is -0.730. The molecule has 2 amide bonds. The van der Waals surface area contributed by atoms with Crippen LogP contribution in [-0.2, 0) is 9.59 Å². The predicted octanol–water partition coefficient (Wildman–Crippen LogP) is 2.51. The largest absolute Gasteiger partial charge is 0.405 e. The molecule has 126 valence electrons. The second-order valence-electron chi connectivity index (χ2n) is 5.54. The lowest BCUT2D eigenvalue weighted by atomic mass is 10.2. The summed E-state index contributed by atoms with van der Waals surface area (Å²) >= 11 is 0. The third-order valence-electron chi connectivity index (χ3n) is 3.32. The summed E-state index contributed by atoms with van der Waals surface area (Å²) in [5, 5.41) is 7.39. The van der Waals surface area contributed by atoms with Crippen molar-refractivity contribution in [3.05, 3.63) is 24.3 Å². The van der Waals surface area contributed by atoms with E-state index in [9.17, 15) is 22.8 Å². The van der Waals surface area contributed by atoms with Crippen molar-refractivity contribution in [2.75, 3.05) is 17.2 Å². The lowest BCUT2D eigenvalue weighted by molar-refractivity contribution is -0.138. The number of nitrogens with one attached hydrogen (secondary N) is 3. The van der Waals surface area contributed by atoms with Crippen LogP contribution in [0.1, 0.15) is 19.8 Å². The molecule has 0 spiro atoms. The molecule has 1 atom stereocenters. The fraction of sp³-hybridized carbons (Fsp3) is 0.467. The first-order valence-electron chi connectivity index (χ1n) is 7.26. The maximum atomic E-state index is 12.1. The molecule has 1 fully saturated rings. The second kappa shape index (κ2) is 6.89. The Hall–Kier alpha value is -2.25. The molecule has 1 aliphatic rings. The highest BCUT2D eigenvalue weighted by Gasteiger charge is 2.30. The van der Waals surface area contributed by atoms with E-state index in [2.05, 4.69) is 10.6 Å². The molecule has 1 aromatic carbocycles. The molecule has 0 bridgehead atoms. The summed E-state index contributed by atoms with van der Waals surface area (Å²) in [4.78, 5) is 23.3. The van der Waals surface area contributed by atoms with Crippen molar-refractivity contribution in [3.63, 3.8) is 0 Å². The molecule has 0 heterocycles. The summed E-state index contributed by atoms with van der Waals surface area (Å²) in [6.07, 6.45) is -2.66. The van der Waals surface area contributed by atoms with Crippen LogP contribution in [0.5, 0.6) is 0 Å². The van der Waals surface area contributed by atoms with Gasteiger partial charge in [-0.2, -0.15) is 13.2 Å². The smallest absolute Gasteiger partial charge is 0.374 e. The standard InChI is InChI=1S/C15H18F3N3O2/c1-9(13(22)19-8-15(16,17)18)20-11-3-2-4-12(7-11)21-14(23)10-5-6-10/h2-4,7,9-10,20H,5-6,8H2,1H3,(H,19,22)(H,21,23). The SMILES string of the molecule is CC(Nc1cccc(NC(=O)C2CC2)c1)C(=O)NCC(F)(F)F. The molecular weight excluding hydrogens is 311 g/mol. The molecule has 5 nitrogen and oxygen atoms in total. The van der Waals surface area contributed by atoms with Crippen molar-refractivity contribution in [1.29, 1.82) is 0 Å². The number of carbonyl (C=O) groups is 2. The van der Waals surface area contributed by atoms with Crippen molar-refractivity contribution in [3.8, 4) is 0 Å². The molecule has 8 heteroatoms. The van der Waals surface area contributed by atoms with Crippen LogP contribution in [0.4, 0.5) is 24.5 Å². The van der Waals surface area contributed by atoms with Crippen LogP contribution in [0, 0.1) is 5.92 Å². The number of alkyl halides is 3. The summed E-state index contributed by atoms with van der Waals surface area (Å²) in [5.41, 5.74) is 1.11. The highest BCUT2D eigenvalue weighted by Crippen LogP contribution is 2.30. The van der Waals surface area contributed by atoms with Crippen LogP contribution in [-0.4, -0.2) is 30.6 Å². The van der Waals surface area contributed by atoms with E-state index in [0.717, 1.165) is 12.8 Å². The van der Waals surface area contributed by atoms with Gasteiger partial charge in [-0.05, 0) is 38.0 Å². The zero-order valence-electron chi connectivity index (χ0n) is 12.5. The van der Waals surface area contributed by atoms with Gasteiger partial charge in [-0.25, -0.2) is 0 Å². The third-order valence-corrected chi connectivity index (χ3v) is 3.32. The average Bonchev–Trinajstić information content (AvgIpc) is 3.28. The van der Waals surface area contributed by atoms with Crippen LogP contribution in [0.2, 0.25) is 0 Å². The number of benzene rings is 1. The van der Waals surface area contributed by atoms with Gasteiger partial charge in [0.05, 0.1) is 0 Å². The molecule has 1 aliphatic carbocycles. The van der Waals surface area contributed by atoms with Crippen LogP contribution in [0.25, 0.3) is 0 Å². The molecule has 0 saturated heterocycles. The van der Waals surface area contributed by atoms with E-state index < -0.39 is 24.7 Å². The summed E-state index contributed by atoms with van der Waals surface area (Å²) in [6.45, 7) is 0.0937. The quantitative estimate of drug-likeness (QED) is 0.751. The number of hydrogen-bond donors (Lipinski definition) is 3. The maximum absolute atomic E-state index is 12.1. The molecule has 1 saturated carbocycles. The first-order valence-corrected chi connectivity index (χ1v) is 7.26. The van der Waals surface area contributed by atoms with Crippen LogP contribution in [0.3, 0.4) is 0 Å². The molecule has 3 N–H and O–H groups in total. The zero-order chi connectivity index (χ0) is 17.0. The van der Waals surface area contributed by atoms with Gasteiger partial charge < -0.3 is 16.0 Å². The minimum atomic E-state index is -4.44. The van der Waals surface area contributed by atoms with Gasteiger partial charge in [0, 0.05) is 17.3 Å². The number of carbonyl (C=O) groups excluding carboxylic acids is 2. The highest BCUT2D eigenvalue weighted by atomic mass is 19.4. The minimum absolute atomic E-state index is 0.0434. The fourth-order valence-electron chi connectivity index (χ4n) is 1.93. The van der Waals surface area contributed by atoms with E-state index in [1.54, 1.807) is 24.3 Å². The molecule has 1 unspecified atom stereocenters. The zero-order valence-corrected chi connectivity index (χ0v) is 12.5. The Morgan fingerprint density at radius 3 is 2.52 bits per heavy atom. The van der Waals surface area contributed by atoms with E-state index in [1.165, 1.54) is 6.92 Å². The second-order valence-corrected chi connectivity index (χ2v) is 5.54. The Labute approximate surface area is 131 Å². The Morgan fingerprint density at radius 2 is 1.91 bits per heavy atom. The van der Waals surface area contributed by atoms with Gasteiger partial charge >= 0.3 is 6.18 Å². The Kier molecular flexibility index (Phi) is 5.12. The number of hydrogen-bond acceptors (Lipinski definition) is 3. The number of halogens is 3. The summed E-state index contributed by atoms with van der Waals surface area (Å²) in [7, 11) is 0. The molecule has 0 aliphatic heterocycles. The van der Waals surface area contributed by atoms with Gasteiger partial charge in [0.25, 0.3) is 0 Å².